The maximum absolute atomic E-state index is 13.3. The molecule has 0 atom stereocenters. The van der Waals surface area contributed by atoms with Gasteiger partial charge in [-0.05, 0) is 69.7 Å². The number of ether oxygens (including phenoxy) is 1. The SMILES string of the molecule is CCOc1ccc(NC(=O)CCc2c(C)nn(CC(C)C)c2C)cc1S(=O)(=O)N1CCCCC1. The molecule has 1 aromatic carbocycles. The molecule has 2 heterocycles. The number of aromatic nitrogens is 2. The first-order chi connectivity index (χ1) is 16.1. The van der Waals surface area contributed by atoms with Gasteiger partial charge in [0.2, 0.25) is 15.9 Å². The molecule has 0 bridgehead atoms. The highest BCUT2D eigenvalue weighted by Gasteiger charge is 2.29. The van der Waals surface area contributed by atoms with Crippen LogP contribution in [0.5, 0.6) is 5.75 Å². The molecule has 1 aromatic heterocycles. The molecular weight excluding hydrogens is 452 g/mol. The van der Waals surface area contributed by atoms with Gasteiger partial charge in [0.1, 0.15) is 10.6 Å². The summed E-state index contributed by atoms with van der Waals surface area (Å²) in [6, 6.07) is 4.83. The van der Waals surface area contributed by atoms with E-state index in [-0.39, 0.29) is 17.2 Å². The third-order valence-electron chi connectivity index (χ3n) is 6.13. The molecule has 1 N–H and O–H groups in total. The Morgan fingerprint density at radius 3 is 2.53 bits per heavy atom. The maximum Gasteiger partial charge on any atom is 0.246 e. The van der Waals surface area contributed by atoms with Crippen molar-refractivity contribution in [3.05, 3.63) is 35.2 Å². The van der Waals surface area contributed by atoms with E-state index in [4.69, 9.17) is 4.74 Å². The van der Waals surface area contributed by atoms with Crippen molar-refractivity contribution in [2.75, 3.05) is 25.0 Å². The molecule has 2 aromatic rings. The number of hydrogen-bond donors (Lipinski definition) is 1. The Kier molecular flexibility index (Phi) is 8.76. The van der Waals surface area contributed by atoms with E-state index in [1.807, 2.05) is 25.5 Å². The summed E-state index contributed by atoms with van der Waals surface area (Å²) in [6.45, 7) is 12.4. The first kappa shape index (κ1) is 26.2. The number of carbonyl (C=O) groups is 1. The molecule has 9 heteroatoms. The fraction of sp³-hybridized carbons (Fsp3) is 0.600. The number of amides is 1. The molecular formula is C25H38N4O4S. The van der Waals surface area contributed by atoms with Crippen LogP contribution in [0, 0.1) is 19.8 Å². The summed E-state index contributed by atoms with van der Waals surface area (Å²) in [5.74, 6) is 0.639. The molecule has 1 amide bonds. The minimum atomic E-state index is -3.70. The van der Waals surface area contributed by atoms with E-state index in [1.54, 1.807) is 12.1 Å². The number of piperidine rings is 1. The van der Waals surface area contributed by atoms with Crippen molar-refractivity contribution in [1.82, 2.24) is 14.1 Å². The van der Waals surface area contributed by atoms with Gasteiger partial charge in [0.15, 0.2) is 0 Å². The summed E-state index contributed by atoms with van der Waals surface area (Å²) in [5, 5.41) is 7.49. The molecule has 1 saturated heterocycles. The summed E-state index contributed by atoms with van der Waals surface area (Å²) < 4.78 is 35.8. The molecule has 1 fully saturated rings. The van der Waals surface area contributed by atoms with Gasteiger partial charge in [-0.25, -0.2) is 8.42 Å². The van der Waals surface area contributed by atoms with Crippen LogP contribution in [-0.2, 0) is 27.8 Å². The van der Waals surface area contributed by atoms with Gasteiger partial charge < -0.3 is 10.1 Å². The van der Waals surface area contributed by atoms with Crippen molar-refractivity contribution in [2.24, 2.45) is 5.92 Å². The molecule has 188 valence electrons. The predicted octanol–water partition coefficient (Wildman–Crippen LogP) is 4.30. The molecule has 0 saturated carbocycles. The summed E-state index contributed by atoms with van der Waals surface area (Å²) in [4.78, 5) is 12.8. The number of anilines is 1. The number of carbonyl (C=O) groups excluding carboxylic acids is 1. The van der Waals surface area contributed by atoms with E-state index in [1.165, 1.54) is 10.4 Å². The normalized spacial score (nSPS) is 15.0. The fourth-order valence-corrected chi connectivity index (χ4v) is 6.06. The van der Waals surface area contributed by atoms with Crippen LogP contribution in [0.4, 0.5) is 5.69 Å². The highest BCUT2D eigenvalue weighted by Crippen LogP contribution is 2.31. The van der Waals surface area contributed by atoms with Crippen molar-refractivity contribution in [2.45, 2.75) is 78.2 Å². The highest BCUT2D eigenvalue weighted by molar-refractivity contribution is 7.89. The standard InChI is InChI=1S/C25H38N4O4S/c1-6-33-23-12-10-21(16-24(23)34(31,32)28-14-8-7-9-15-28)26-25(30)13-11-22-19(4)27-29(20(22)5)17-18(2)3/h10,12,16,18H,6-9,11,13-15,17H2,1-5H3,(H,26,30). The number of hydrogen-bond acceptors (Lipinski definition) is 5. The number of nitrogens with zero attached hydrogens (tertiary/aromatic N) is 3. The summed E-state index contributed by atoms with van der Waals surface area (Å²) in [6.07, 6.45) is 3.61. The monoisotopic (exact) mass is 490 g/mol. The molecule has 0 spiro atoms. The number of aryl methyl sites for hydroxylation is 1. The quantitative estimate of drug-likeness (QED) is 0.536. The number of benzene rings is 1. The second-order valence-corrected chi connectivity index (χ2v) is 11.2. The van der Waals surface area contributed by atoms with Crippen LogP contribution in [0.25, 0.3) is 0 Å². The summed E-state index contributed by atoms with van der Waals surface area (Å²) in [7, 11) is -3.70. The Hall–Kier alpha value is -2.39. The largest absolute Gasteiger partial charge is 0.492 e. The first-order valence-electron chi connectivity index (χ1n) is 12.2. The molecule has 1 aliphatic rings. The topological polar surface area (TPSA) is 93.5 Å². The van der Waals surface area contributed by atoms with E-state index < -0.39 is 10.0 Å². The van der Waals surface area contributed by atoms with Crippen LogP contribution < -0.4 is 10.1 Å². The molecule has 1 aliphatic heterocycles. The summed E-state index contributed by atoms with van der Waals surface area (Å²) in [5.41, 5.74) is 3.58. The van der Waals surface area contributed by atoms with Crippen molar-refractivity contribution >= 4 is 21.6 Å². The average Bonchev–Trinajstić information content (AvgIpc) is 3.05. The van der Waals surface area contributed by atoms with E-state index in [2.05, 4.69) is 24.3 Å². The van der Waals surface area contributed by atoms with Gasteiger partial charge in [-0.3, -0.25) is 9.48 Å². The maximum atomic E-state index is 13.3. The lowest BCUT2D eigenvalue weighted by molar-refractivity contribution is -0.116. The van der Waals surface area contributed by atoms with Crippen molar-refractivity contribution in [3.63, 3.8) is 0 Å². The van der Waals surface area contributed by atoms with Crippen molar-refractivity contribution < 1.29 is 17.9 Å². The van der Waals surface area contributed by atoms with Crippen LogP contribution in [0.1, 0.15) is 63.4 Å². The van der Waals surface area contributed by atoms with E-state index >= 15 is 0 Å². The Morgan fingerprint density at radius 1 is 1.18 bits per heavy atom. The average molecular weight is 491 g/mol. The van der Waals surface area contributed by atoms with Gasteiger partial charge in [0, 0.05) is 37.4 Å². The first-order valence-corrected chi connectivity index (χ1v) is 13.7. The highest BCUT2D eigenvalue weighted by atomic mass is 32.2. The van der Waals surface area contributed by atoms with Crippen LogP contribution in [0.2, 0.25) is 0 Å². The van der Waals surface area contributed by atoms with Crippen LogP contribution >= 0.6 is 0 Å². The number of sulfonamides is 1. The van der Waals surface area contributed by atoms with Gasteiger partial charge >= 0.3 is 0 Å². The molecule has 8 nitrogen and oxygen atoms in total. The predicted molar refractivity (Wildman–Crippen MR) is 134 cm³/mol. The molecule has 34 heavy (non-hydrogen) atoms. The van der Waals surface area contributed by atoms with Crippen LogP contribution in [0.15, 0.2) is 23.1 Å². The second kappa shape index (κ2) is 11.4. The molecule has 0 aliphatic carbocycles. The molecule has 0 radical (unpaired) electrons. The Morgan fingerprint density at radius 2 is 1.88 bits per heavy atom. The minimum Gasteiger partial charge on any atom is -0.492 e. The number of nitrogens with one attached hydrogen (secondary N) is 1. The third-order valence-corrected chi connectivity index (χ3v) is 8.05. The van der Waals surface area contributed by atoms with Gasteiger partial charge in [-0.15, -0.1) is 0 Å². The van der Waals surface area contributed by atoms with E-state index in [0.717, 1.165) is 42.8 Å². The lowest BCUT2D eigenvalue weighted by Crippen LogP contribution is -2.35. The van der Waals surface area contributed by atoms with Crippen LogP contribution in [0.3, 0.4) is 0 Å². The zero-order valence-corrected chi connectivity index (χ0v) is 21.9. The van der Waals surface area contributed by atoms with Crippen molar-refractivity contribution in [1.29, 1.82) is 0 Å². The molecule has 0 unspecified atom stereocenters. The van der Waals surface area contributed by atoms with Crippen LogP contribution in [-0.4, -0.2) is 48.1 Å². The van der Waals surface area contributed by atoms with Gasteiger partial charge in [-0.1, -0.05) is 20.3 Å². The third kappa shape index (κ3) is 6.18. The summed E-state index contributed by atoms with van der Waals surface area (Å²) >= 11 is 0. The zero-order chi connectivity index (χ0) is 24.9. The number of rotatable bonds is 10. The smallest absolute Gasteiger partial charge is 0.246 e. The van der Waals surface area contributed by atoms with Crippen molar-refractivity contribution in [3.8, 4) is 5.75 Å². The zero-order valence-electron chi connectivity index (χ0n) is 21.1. The lowest BCUT2D eigenvalue weighted by atomic mass is 10.1. The van der Waals surface area contributed by atoms with E-state index in [0.29, 0.717) is 43.5 Å². The fourth-order valence-electron chi connectivity index (χ4n) is 4.39. The minimum absolute atomic E-state index is 0.107. The van der Waals surface area contributed by atoms with Gasteiger partial charge in [0.25, 0.3) is 0 Å². The molecule has 3 rings (SSSR count). The Balaban J connectivity index is 1.74. The lowest BCUT2D eigenvalue weighted by Gasteiger charge is -2.27. The second-order valence-electron chi connectivity index (χ2n) is 9.33. The van der Waals surface area contributed by atoms with E-state index in [9.17, 15) is 13.2 Å². The Bertz CT molecular complexity index is 1100. The Labute approximate surface area is 203 Å². The van der Waals surface area contributed by atoms with Gasteiger partial charge in [0.05, 0.1) is 12.3 Å². The van der Waals surface area contributed by atoms with Gasteiger partial charge in [-0.2, -0.15) is 9.40 Å².